The Morgan fingerprint density at radius 2 is 2.00 bits per heavy atom. The number of pyridine rings is 1. The Labute approximate surface area is 141 Å². The summed E-state index contributed by atoms with van der Waals surface area (Å²) < 4.78 is 0. The first kappa shape index (κ1) is 16.2. The van der Waals surface area contributed by atoms with E-state index in [0.29, 0.717) is 18.7 Å². The van der Waals surface area contributed by atoms with Crippen molar-refractivity contribution >= 4 is 11.8 Å². The summed E-state index contributed by atoms with van der Waals surface area (Å²) in [4.78, 5) is 29.9. The molecule has 0 aliphatic carbocycles. The monoisotopic (exact) mass is 323 g/mol. The van der Waals surface area contributed by atoms with Gasteiger partial charge in [0.2, 0.25) is 5.91 Å². The Hall–Kier alpha value is -2.69. The molecule has 1 aliphatic heterocycles. The van der Waals surface area contributed by atoms with Crippen molar-refractivity contribution in [3.63, 3.8) is 0 Å². The van der Waals surface area contributed by atoms with Crippen LogP contribution in [-0.4, -0.2) is 40.8 Å². The van der Waals surface area contributed by atoms with E-state index in [9.17, 15) is 9.59 Å². The summed E-state index contributed by atoms with van der Waals surface area (Å²) in [6.45, 7) is 4.69. The van der Waals surface area contributed by atoms with Crippen molar-refractivity contribution in [2.24, 2.45) is 0 Å². The quantitative estimate of drug-likeness (QED) is 0.943. The fourth-order valence-corrected chi connectivity index (χ4v) is 3.09. The van der Waals surface area contributed by atoms with E-state index in [1.807, 2.05) is 43.3 Å². The molecule has 2 amide bonds. The molecule has 1 unspecified atom stereocenters. The van der Waals surface area contributed by atoms with Crippen LogP contribution in [0.1, 0.15) is 29.4 Å². The van der Waals surface area contributed by atoms with E-state index in [0.717, 1.165) is 23.2 Å². The predicted molar refractivity (Wildman–Crippen MR) is 92.5 cm³/mol. The maximum atomic E-state index is 12.7. The van der Waals surface area contributed by atoms with Gasteiger partial charge in [0.1, 0.15) is 0 Å². The second-order valence-electron chi connectivity index (χ2n) is 6.20. The van der Waals surface area contributed by atoms with Gasteiger partial charge in [-0.05, 0) is 48.7 Å². The van der Waals surface area contributed by atoms with Gasteiger partial charge in [-0.1, -0.05) is 12.1 Å². The van der Waals surface area contributed by atoms with Gasteiger partial charge in [-0.3, -0.25) is 14.6 Å². The first-order chi connectivity index (χ1) is 11.5. The van der Waals surface area contributed by atoms with E-state index < -0.39 is 0 Å². The number of carbonyl (C=O) groups excluding carboxylic acids is 2. The number of hydrogen-bond acceptors (Lipinski definition) is 3. The summed E-state index contributed by atoms with van der Waals surface area (Å²) >= 11 is 0. The lowest BCUT2D eigenvalue weighted by atomic mass is 10.0. The van der Waals surface area contributed by atoms with Crippen LogP contribution in [0.2, 0.25) is 0 Å². The van der Waals surface area contributed by atoms with E-state index in [2.05, 4.69) is 10.3 Å². The molecule has 0 radical (unpaired) electrons. The number of likely N-dealkylation sites (tertiary alicyclic amines) is 1. The van der Waals surface area contributed by atoms with Crippen LogP contribution in [0, 0.1) is 6.92 Å². The molecule has 1 aromatic heterocycles. The molecule has 1 atom stereocenters. The fraction of sp³-hybridized carbons (Fsp3) is 0.316. The van der Waals surface area contributed by atoms with Gasteiger partial charge in [0, 0.05) is 43.5 Å². The number of aromatic nitrogens is 1. The zero-order valence-electron chi connectivity index (χ0n) is 14.0. The number of benzene rings is 1. The highest BCUT2D eigenvalue weighted by Crippen LogP contribution is 2.22. The van der Waals surface area contributed by atoms with Crippen molar-refractivity contribution < 1.29 is 9.59 Å². The molecule has 0 saturated carbocycles. The Morgan fingerprint density at radius 3 is 2.75 bits per heavy atom. The van der Waals surface area contributed by atoms with Crippen LogP contribution in [0.4, 0.5) is 0 Å². The molecule has 1 saturated heterocycles. The van der Waals surface area contributed by atoms with E-state index in [-0.39, 0.29) is 17.9 Å². The molecule has 1 N–H and O–H groups in total. The predicted octanol–water partition coefficient (Wildman–Crippen LogP) is 2.41. The van der Waals surface area contributed by atoms with Crippen molar-refractivity contribution in [1.29, 1.82) is 0 Å². The zero-order valence-corrected chi connectivity index (χ0v) is 14.0. The molecule has 124 valence electrons. The molecular formula is C19H21N3O2. The number of nitrogens with zero attached hydrogens (tertiary/aromatic N) is 2. The van der Waals surface area contributed by atoms with E-state index in [1.165, 1.54) is 6.92 Å². The van der Waals surface area contributed by atoms with Crippen LogP contribution in [0.3, 0.4) is 0 Å². The van der Waals surface area contributed by atoms with Crippen LogP contribution in [0.15, 0.2) is 42.6 Å². The van der Waals surface area contributed by atoms with Crippen molar-refractivity contribution in [3.05, 3.63) is 53.9 Å². The van der Waals surface area contributed by atoms with Gasteiger partial charge in [0.25, 0.3) is 5.91 Å². The molecule has 5 heteroatoms. The second-order valence-corrected chi connectivity index (χ2v) is 6.20. The van der Waals surface area contributed by atoms with E-state index in [4.69, 9.17) is 0 Å². The number of nitrogens with one attached hydrogen (secondary N) is 1. The Balaban J connectivity index is 1.77. The van der Waals surface area contributed by atoms with Crippen LogP contribution < -0.4 is 5.32 Å². The third kappa shape index (κ3) is 3.62. The molecule has 2 aromatic rings. The molecule has 0 spiro atoms. The van der Waals surface area contributed by atoms with E-state index >= 15 is 0 Å². The maximum Gasteiger partial charge on any atom is 0.253 e. The fourth-order valence-electron chi connectivity index (χ4n) is 3.09. The van der Waals surface area contributed by atoms with Gasteiger partial charge in [0.05, 0.1) is 0 Å². The summed E-state index contributed by atoms with van der Waals surface area (Å²) in [6.07, 6.45) is 2.58. The molecule has 1 aromatic carbocycles. The lowest BCUT2D eigenvalue weighted by Gasteiger charge is -2.17. The van der Waals surface area contributed by atoms with E-state index in [1.54, 1.807) is 11.1 Å². The number of hydrogen-bond donors (Lipinski definition) is 1. The first-order valence-electron chi connectivity index (χ1n) is 8.12. The van der Waals surface area contributed by atoms with Crippen LogP contribution in [-0.2, 0) is 4.79 Å². The summed E-state index contributed by atoms with van der Waals surface area (Å²) in [6, 6.07) is 11.7. The SMILES string of the molecule is CC(=O)NC1CCN(C(=O)c2cccc(-c3ccnc(C)c3)c2)C1. The number of carbonyl (C=O) groups is 2. The van der Waals surface area contributed by atoms with Crippen molar-refractivity contribution in [2.75, 3.05) is 13.1 Å². The lowest BCUT2D eigenvalue weighted by molar-refractivity contribution is -0.119. The van der Waals surface area contributed by atoms with Gasteiger partial charge in [0.15, 0.2) is 0 Å². The largest absolute Gasteiger partial charge is 0.352 e. The van der Waals surface area contributed by atoms with Crippen LogP contribution in [0.5, 0.6) is 0 Å². The molecule has 1 aliphatic rings. The molecule has 1 fully saturated rings. The first-order valence-corrected chi connectivity index (χ1v) is 8.12. The number of amides is 2. The number of rotatable bonds is 3. The minimum atomic E-state index is -0.0515. The molecule has 2 heterocycles. The highest BCUT2D eigenvalue weighted by atomic mass is 16.2. The van der Waals surface area contributed by atoms with Gasteiger partial charge in [-0.15, -0.1) is 0 Å². The zero-order chi connectivity index (χ0) is 17.1. The highest BCUT2D eigenvalue weighted by Gasteiger charge is 2.27. The summed E-state index contributed by atoms with van der Waals surface area (Å²) in [5.74, 6) is -0.0418. The lowest BCUT2D eigenvalue weighted by Crippen LogP contribution is -2.37. The summed E-state index contributed by atoms with van der Waals surface area (Å²) in [5.41, 5.74) is 3.67. The van der Waals surface area contributed by atoms with Crippen molar-refractivity contribution in [3.8, 4) is 11.1 Å². The minimum Gasteiger partial charge on any atom is -0.352 e. The molecule has 0 bridgehead atoms. The number of aryl methyl sites for hydroxylation is 1. The normalized spacial score (nSPS) is 16.9. The Kier molecular flexibility index (Phi) is 4.60. The minimum absolute atomic E-state index is 0.00970. The standard InChI is InChI=1S/C19H21N3O2/c1-13-10-16(6-8-20-13)15-4-3-5-17(11-15)19(24)22-9-7-18(12-22)21-14(2)23/h3-6,8,10-11,18H,7,9,12H2,1-2H3,(H,21,23). The van der Waals surface area contributed by atoms with Gasteiger partial charge in [-0.25, -0.2) is 0 Å². The smallest absolute Gasteiger partial charge is 0.253 e. The van der Waals surface area contributed by atoms with Crippen molar-refractivity contribution in [2.45, 2.75) is 26.3 Å². The maximum absolute atomic E-state index is 12.7. The van der Waals surface area contributed by atoms with Crippen LogP contribution >= 0.6 is 0 Å². The summed E-state index contributed by atoms with van der Waals surface area (Å²) in [5, 5.41) is 2.88. The topological polar surface area (TPSA) is 62.3 Å². The highest BCUT2D eigenvalue weighted by molar-refractivity contribution is 5.95. The average molecular weight is 323 g/mol. The second kappa shape index (κ2) is 6.83. The van der Waals surface area contributed by atoms with Gasteiger partial charge >= 0.3 is 0 Å². The Bertz CT molecular complexity index is 773. The molecule has 3 rings (SSSR count). The molecule has 24 heavy (non-hydrogen) atoms. The van der Waals surface area contributed by atoms with Gasteiger partial charge in [-0.2, -0.15) is 0 Å². The third-order valence-electron chi connectivity index (χ3n) is 4.22. The van der Waals surface area contributed by atoms with Crippen LogP contribution in [0.25, 0.3) is 11.1 Å². The average Bonchev–Trinajstić information content (AvgIpc) is 3.02. The summed E-state index contributed by atoms with van der Waals surface area (Å²) in [7, 11) is 0. The van der Waals surface area contributed by atoms with Crippen molar-refractivity contribution in [1.82, 2.24) is 15.2 Å². The Morgan fingerprint density at radius 1 is 1.21 bits per heavy atom. The van der Waals surface area contributed by atoms with Gasteiger partial charge < -0.3 is 10.2 Å². The molecule has 5 nitrogen and oxygen atoms in total. The third-order valence-corrected chi connectivity index (χ3v) is 4.22. The molecular weight excluding hydrogens is 302 g/mol.